The highest BCUT2D eigenvalue weighted by Gasteiger charge is 2.21. The molecule has 3 nitrogen and oxygen atoms in total. The second-order valence-corrected chi connectivity index (χ2v) is 6.14. The van der Waals surface area contributed by atoms with E-state index in [-0.39, 0.29) is 11.3 Å². The van der Waals surface area contributed by atoms with E-state index < -0.39 is 5.97 Å². The Bertz CT molecular complexity index is 882. The number of Topliss-reactive ketones (excluding diaryl/α,β-unsaturated/α-hetero) is 1. The van der Waals surface area contributed by atoms with Crippen molar-refractivity contribution in [3.05, 3.63) is 64.0 Å². The van der Waals surface area contributed by atoms with Gasteiger partial charge in [-0.25, -0.2) is 4.79 Å². The molecule has 0 atom stereocenters. The van der Waals surface area contributed by atoms with Crippen LogP contribution in [0, 0.1) is 0 Å². The Balaban J connectivity index is 2.07. The molecule has 0 saturated carbocycles. The van der Waals surface area contributed by atoms with Gasteiger partial charge in [-0.1, -0.05) is 35.9 Å². The van der Waals surface area contributed by atoms with Crippen molar-refractivity contribution in [3.8, 4) is 5.75 Å². The van der Waals surface area contributed by atoms with Gasteiger partial charge in [-0.15, -0.1) is 11.3 Å². The summed E-state index contributed by atoms with van der Waals surface area (Å²) in [7, 11) is 0. The minimum Gasteiger partial charge on any atom is -0.421 e. The van der Waals surface area contributed by atoms with E-state index >= 15 is 0 Å². The topological polar surface area (TPSA) is 43.4 Å². The van der Waals surface area contributed by atoms with E-state index in [4.69, 9.17) is 16.3 Å². The van der Waals surface area contributed by atoms with Crippen LogP contribution >= 0.6 is 22.9 Å². The molecular weight excluding hydrogens is 320 g/mol. The molecule has 0 aliphatic rings. The van der Waals surface area contributed by atoms with E-state index in [1.54, 1.807) is 24.3 Å². The van der Waals surface area contributed by atoms with Crippen LogP contribution in [0.3, 0.4) is 0 Å². The van der Waals surface area contributed by atoms with Gasteiger partial charge in [-0.05, 0) is 24.3 Å². The molecule has 0 unspecified atom stereocenters. The largest absolute Gasteiger partial charge is 0.421 e. The lowest BCUT2D eigenvalue weighted by Crippen LogP contribution is -2.10. The summed E-state index contributed by atoms with van der Waals surface area (Å²) in [6.45, 7) is 1.46. The van der Waals surface area contributed by atoms with Crippen LogP contribution in [0.5, 0.6) is 5.75 Å². The average molecular weight is 331 g/mol. The maximum atomic E-state index is 12.3. The van der Waals surface area contributed by atoms with Gasteiger partial charge in [0.25, 0.3) is 0 Å². The summed E-state index contributed by atoms with van der Waals surface area (Å²) in [5.74, 6) is -0.405. The minimum atomic E-state index is -0.573. The number of ketones is 1. The SMILES string of the molecule is CC(=O)c1sc2ccccc2c1OC(=O)c1ccccc1Cl. The molecule has 0 aliphatic carbocycles. The first-order valence-electron chi connectivity index (χ1n) is 6.57. The summed E-state index contributed by atoms with van der Waals surface area (Å²) in [6.07, 6.45) is 0. The van der Waals surface area contributed by atoms with Crippen LogP contribution < -0.4 is 4.74 Å². The van der Waals surface area contributed by atoms with Crippen LogP contribution in [0.2, 0.25) is 5.02 Å². The maximum Gasteiger partial charge on any atom is 0.345 e. The lowest BCUT2D eigenvalue weighted by Gasteiger charge is -2.06. The number of hydrogen-bond donors (Lipinski definition) is 0. The second-order valence-electron chi connectivity index (χ2n) is 4.68. The van der Waals surface area contributed by atoms with Crippen molar-refractivity contribution in [1.29, 1.82) is 0 Å². The first kappa shape index (κ1) is 14.8. The van der Waals surface area contributed by atoms with Gasteiger partial charge in [0.1, 0.15) is 4.88 Å². The Morgan fingerprint density at radius 3 is 2.45 bits per heavy atom. The van der Waals surface area contributed by atoms with Gasteiger partial charge in [0, 0.05) is 17.0 Å². The number of halogens is 1. The van der Waals surface area contributed by atoms with Gasteiger partial charge < -0.3 is 4.74 Å². The fourth-order valence-corrected chi connectivity index (χ4v) is 3.37. The molecular formula is C17H11ClO3S. The zero-order valence-electron chi connectivity index (χ0n) is 11.6. The Morgan fingerprint density at radius 2 is 1.73 bits per heavy atom. The Labute approximate surface area is 136 Å². The van der Waals surface area contributed by atoms with Gasteiger partial charge in [0.2, 0.25) is 0 Å². The molecule has 5 heteroatoms. The highest BCUT2D eigenvalue weighted by Crippen LogP contribution is 2.38. The first-order chi connectivity index (χ1) is 10.6. The number of hydrogen-bond acceptors (Lipinski definition) is 4. The van der Waals surface area contributed by atoms with E-state index in [2.05, 4.69) is 0 Å². The molecule has 0 saturated heterocycles. The third-order valence-corrected chi connectivity index (χ3v) is 4.74. The van der Waals surface area contributed by atoms with Crippen LogP contribution in [0.4, 0.5) is 0 Å². The molecule has 1 aromatic heterocycles. The molecule has 0 bridgehead atoms. The summed E-state index contributed by atoms with van der Waals surface area (Å²) in [5.41, 5.74) is 0.272. The van der Waals surface area contributed by atoms with Crippen molar-refractivity contribution in [2.45, 2.75) is 6.92 Å². The number of carbonyl (C=O) groups excluding carboxylic acids is 2. The number of thiophene rings is 1. The number of fused-ring (bicyclic) bond motifs is 1. The Kier molecular flexibility index (Phi) is 3.96. The summed E-state index contributed by atoms with van der Waals surface area (Å²) in [5, 5.41) is 1.06. The van der Waals surface area contributed by atoms with Gasteiger partial charge in [0.05, 0.1) is 10.6 Å². The molecule has 0 aliphatic heterocycles. The van der Waals surface area contributed by atoms with Gasteiger partial charge in [-0.3, -0.25) is 4.79 Å². The number of esters is 1. The molecule has 1 heterocycles. The Morgan fingerprint density at radius 1 is 1.05 bits per heavy atom. The maximum absolute atomic E-state index is 12.3. The van der Waals surface area contributed by atoms with Crippen LogP contribution in [0.25, 0.3) is 10.1 Å². The molecule has 110 valence electrons. The van der Waals surface area contributed by atoms with Gasteiger partial charge in [0.15, 0.2) is 11.5 Å². The fraction of sp³-hybridized carbons (Fsp3) is 0.0588. The molecule has 0 radical (unpaired) electrons. The molecule has 22 heavy (non-hydrogen) atoms. The van der Waals surface area contributed by atoms with Crippen LogP contribution in [0.15, 0.2) is 48.5 Å². The molecule has 0 amide bonds. The Hall–Kier alpha value is -2.17. The highest BCUT2D eigenvalue weighted by atomic mass is 35.5. The van der Waals surface area contributed by atoms with E-state index in [0.29, 0.717) is 15.6 Å². The fourth-order valence-electron chi connectivity index (χ4n) is 2.13. The van der Waals surface area contributed by atoms with Crippen molar-refractivity contribution >= 4 is 44.8 Å². The molecule has 3 rings (SSSR count). The summed E-state index contributed by atoms with van der Waals surface area (Å²) < 4.78 is 6.39. The zero-order valence-corrected chi connectivity index (χ0v) is 13.2. The smallest absolute Gasteiger partial charge is 0.345 e. The lowest BCUT2D eigenvalue weighted by molar-refractivity contribution is 0.0736. The standard InChI is InChI=1S/C17H11ClO3S/c1-10(19)16-15(12-7-3-5-9-14(12)22-16)21-17(20)11-6-2-4-8-13(11)18/h2-9H,1H3. The van der Waals surface area contributed by atoms with Crippen LogP contribution in [-0.2, 0) is 0 Å². The quantitative estimate of drug-likeness (QED) is 0.502. The molecule has 3 aromatic rings. The lowest BCUT2D eigenvalue weighted by atomic mass is 10.2. The van der Waals surface area contributed by atoms with Gasteiger partial charge >= 0.3 is 5.97 Å². The van der Waals surface area contributed by atoms with E-state index in [1.165, 1.54) is 18.3 Å². The summed E-state index contributed by atoms with van der Waals surface area (Å²) >= 11 is 7.33. The van der Waals surface area contributed by atoms with Crippen LogP contribution in [0.1, 0.15) is 27.0 Å². The number of ether oxygens (including phenoxy) is 1. The predicted molar refractivity (Wildman–Crippen MR) is 88.2 cm³/mol. The van der Waals surface area contributed by atoms with E-state index in [1.807, 2.05) is 24.3 Å². The van der Waals surface area contributed by atoms with E-state index in [0.717, 1.165) is 10.1 Å². The average Bonchev–Trinajstić information content (AvgIpc) is 2.87. The van der Waals surface area contributed by atoms with Crippen LogP contribution in [-0.4, -0.2) is 11.8 Å². The highest BCUT2D eigenvalue weighted by molar-refractivity contribution is 7.21. The number of benzene rings is 2. The monoisotopic (exact) mass is 330 g/mol. The molecule has 2 aromatic carbocycles. The van der Waals surface area contributed by atoms with Crippen molar-refractivity contribution in [2.24, 2.45) is 0 Å². The van der Waals surface area contributed by atoms with Crippen molar-refractivity contribution in [3.63, 3.8) is 0 Å². The van der Waals surface area contributed by atoms with E-state index in [9.17, 15) is 9.59 Å². The van der Waals surface area contributed by atoms with Crippen molar-refractivity contribution in [1.82, 2.24) is 0 Å². The molecule has 0 fully saturated rings. The first-order valence-corrected chi connectivity index (χ1v) is 7.76. The summed E-state index contributed by atoms with van der Waals surface area (Å²) in [6, 6.07) is 14.1. The summed E-state index contributed by atoms with van der Waals surface area (Å²) in [4.78, 5) is 24.6. The normalized spacial score (nSPS) is 10.6. The predicted octanol–water partition coefficient (Wildman–Crippen LogP) is 4.98. The third-order valence-electron chi connectivity index (χ3n) is 3.16. The number of rotatable bonds is 3. The zero-order chi connectivity index (χ0) is 15.7. The number of carbonyl (C=O) groups is 2. The van der Waals surface area contributed by atoms with Gasteiger partial charge in [-0.2, -0.15) is 0 Å². The molecule has 0 N–H and O–H groups in total. The minimum absolute atomic E-state index is 0.136. The molecule has 0 spiro atoms. The third kappa shape index (κ3) is 2.63. The van der Waals surface area contributed by atoms with Crippen molar-refractivity contribution in [2.75, 3.05) is 0 Å². The second kappa shape index (κ2) is 5.91. The van der Waals surface area contributed by atoms with Crippen molar-refractivity contribution < 1.29 is 14.3 Å².